The number of hydrogen-bond acceptors (Lipinski definition) is 7. The number of ether oxygens (including phenoxy) is 2. The third kappa shape index (κ3) is 2.07. The number of aromatic amines is 1. The van der Waals surface area contributed by atoms with Gasteiger partial charge in [-0.15, -0.1) is 0 Å². The molecule has 2 aromatic rings. The molecular weight excluding hydrogens is 254 g/mol. The SMILES string of the molecule is Nc1nc2c(ncn2C2COC(CO)CO2)c(=O)[nH]1. The number of H-pyrrole nitrogens is 1. The van der Waals surface area contributed by atoms with Gasteiger partial charge in [0.25, 0.3) is 5.56 Å². The molecule has 0 bridgehead atoms. The van der Waals surface area contributed by atoms with Crippen molar-refractivity contribution in [2.24, 2.45) is 0 Å². The van der Waals surface area contributed by atoms with Gasteiger partial charge >= 0.3 is 0 Å². The van der Waals surface area contributed by atoms with E-state index in [2.05, 4.69) is 15.0 Å². The summed E-state index contributed by atoms with van der Waals surface area (Å²) in [5.74, 6) is 0.0178. The van der Waals surface area contributed by atoms with Gasteiger partial charge in [0.1, 0.15) is 6.10 Å². The Kier molecular flexibility index (Phi) is 2.93. The van der Waals surface area contributed by atoms with Crippen LogP contribution in [0.3, 0.4) is 0 Å². The van der Waals surface area contributed by atoms with Crippen molar-refractivity contribution in [3.63, 3.8) is 0 Å². The van der Waals surface area contributed by atoms with Gasteiger partial charge in [-0.2, -0.15) is 4.98 Å². The van der Waals surface area contributed by atoms with E-state index in [4.69, 9.17) is 20.3 Å². The summed E-state index contributed by atoms with van der Waals surface area (Å²) in [7, 11) is 0. The minimum atomic E-state index is -0.443. The maximum Gasteiger partial charge on any atom is 0.280 e. The molecule has 4 N–H and O–H groups in total. The Morgan fingerprint density at radius 3 is 3.05 bits per heavy atom. The molecule has 1 aliphatic rings. The first-order valence-corrected chi connectivity index (χ1v) is 5.75. The number of nitrogens with one attached hydrogen (secondary N) is 1. The second-order valence-electron chi connectivity index (χ2n) is 4.20. The number of nitrogen functional groups attached to an aromatic ring is 1. The maximum absolute atomic E-state index is 11.6. The molecule has 0 saturated carbocycles. The Morgan fingerprint density at radius 2 is 2.37 bits per heavy atom. The quantitative estimate of drug-likeness (QED) is 0.610. The molecule has 1 fully saturated rings. The van der Waals surface area contributed by atoms with Crippen molar-refractivity contribution in [1.82, 2.24) is 19.5 Å². The second kappa shape index (κ2) is 4.61. The molecule has 19 heavy (non-hydrogen) atoms. The highest BCUT2D eigenvalue weighted by atomic mass is 16.6. The van der Waals surface area contributed by atoms with Crippen LogP contribution in [0.4, 0.5) is 5.95 Å². The smallest absolute Gasteiger partial charge is 0.280 e. The number of aromatic nitrogens is 4. The fourth-order valence-corrected chi connectivity index (χ4v) is 1.95. The van der Waals surface area contributed by atoms with Gasteiger partial charge in [-0.05, 0) is 0 Å². The van der Waals surface area contributed by atoms with E-state index in [0.717, 1.165) is 0 Å². The molecule has 0 amide bonds. The molecule has 3 rings (SSSR count). The first-order chi connectivity index (χ1) is 9.19. The van der Waals surface area contributed by atoms with Crippen LogP contribution in [0.15, 0.2) is 11.1 Å². The van der Waals surface area contributed by atoms with Gasteiger partial charge in [-0.25, -0.2) is 4.98 Å². The number of rotatable bonds is 2. The summed E-state index contributed by atoms with van der Waals surface area (Å²) >= 11 is 0. The molecule has 0 radical (unpaired) electrons. The molecule has 3 heterocycles. The van der Waals surface area contributed by atoms with Crippen molar-refractivity contribution in [3.05, 3.63) is 16.7 Å². The molecule has 1 saturated heterocycles. The predicted octanol–water partition coefficient (Wildman–Crippen LogP) is -1.39. The summed E-state index contributed by atoms with van der Waals surface area (Å²) in [6.45, 7) is 0.410. The van der Waals surface area contributed by atoms with Gasteiger partial charge in [0.15, 0.2) is 17.4 Å². The number of aliphatic hydroxyl groups is 1. The summed E-state index contributed by atoms with van der Waals surface area (Å²) in [5.41, 5.74) is 5.66. The van der Waals surface area contributed by atoms with Gasteiger partial charge < -0.3 is 20.3 Å². The summed E-state index contributed by atoms with van der Waals surface area (Å²) in [6, 6.07) is 0. The molecular formula is C10H13N5O4. The number of anilines is 1. The van der Waals surface area contributed by atoms with E-state index in [1.807, 2.05) is 0 Å². The zero-order valence-electron chi connectivity index (χ0n) is 9.94. The van der Waals surface area contributed by atoms with Gasteiger partial charge in [0, 0.05) is 0 Å². The molecule has 2 aromatic heterocycles. The third-order valence-corrected chi connectivity index (χ3v) is 2.91. The molecule has 9 heteroatoms. The molecule has 2 atom stereocenters. The Labute approximate surface area is 107 Å². The lowest BCUT2D eigenvalue weighted by atomic mass is 10.3. The van der Waals surface area contributed by atoms with Crippen LogP contribution >= 0.6 is 0 Å². The minimum absolute atomic E-state index is 0.0178. The van der Waals surface area contributed by atoms with Crippen LogP contribution in [-0.4, -0.2) is 50.6 Å². The zero-order chi connectivity index (χ0) is 13.4. The van der Waals surface area contributed by atoms with Crippen LogP contribution in [0.2, 0.25) is 0 Å². The van der Waals surface area contributed by atoms with Gasteiger partial charge in [-0.3, -0.25) is 14.3 Å². The molecule has 0 aromatic carbocycles. The predicted molar refractivity (Wildman–Crippen MR) is 64.4 cm³/mol. The lowest BCUT2D eigenvalue weighted by molar-refractivity contribution is -0.169. The molecule has 1 aliphatic heterocycles. The number of imidazole rings is 1. The van der Waals surface area contributed by atoms with Gasteiger partial charge in [0.05, 0.1) is 26.1 Å². The van der Waals surface area contributed by atoms with Crippen molar-refractivity contribution in [1.29, 1.82) is 0 Å². The van der Waals surface area contributed by atoms with Crippen molar-refractivity contribution >= 4 is 17.1 Å². The van der Waals surface area contributed by atoms with Crippen LogP contribution in [0.1, 0.15) is 6.23 Å². The van der Waals surface area contributed by atoms with E-state index < -0.39 is 11.8 Å². The lowest BCUT2D eigenvalue weighted by Crippen LogP contribution is -2.35. The Bertz CT molecular complexity index is 643. The fourth-order valence-electron chi connectivity index (χ4n) is 1.95. The highest BCUT2D eigenvalue weighted by molar-refractivity contribution is 5.70. The monoisotopic (exact) mass is 267 g/mol. The second-order valence-corrected chi connectivity index (χ2v) is 4.20. The minimum Gasteiger partial charge on any atom is -0.394 e. The normalized spacial score (nSPS) is 23.8. The maximum atomic E-state index is 11.6. The molecule has 102 valence electrons. The average Bonchev–Trinajstić information content (AvgIpc) is 2.83. The number of hydrogen-bond donors (Lipinski definition) is 3. The van der Waals surface area contributed by atoms with Crippen molar-refractivity contribution in [2.45, 2.75) is 12.3 Å². The highest BCUT2D eigenvalue weighted by Gasteiger charge is 2.25. The molecule has 2 unspecified atom stereocenters. The van der Waals surface area contributed by atoms with E-state index in [9.17, 15) is 4.79 Å². The summed E-state index contributed by atoms with van der Waals surface area (Å²) in [5, 5.41) is 8.95. The van der Waals surface area contributed by atoms with Gasteiger partial charge in [0.2, 0.25) is 5.95 Å². The van der Waals surface area contributed by atoms with Crippen LogP contribution in [-0.2, 0) is 9.47 Å². The lowest BCUT2D eigenvalue weighted by Gasteiger charge is -2.29. The van der Waals surface area contributed by atoms with Crippen LogP contribution < -0.4 is 11.3 Å². The van der Waals surface area contributed by atoms with E-state index >= 15 is 0 Å². The first-order valence-electron chi connectivity index (χ1n) is 5.75. The van der Waals surface area contributed by atoms with Crippen molar-refractivity contribution < 1.29 is 14.6 Å². The summed E-state index contributed by atoms with van der Waals surface area (Å²) in [6.07, 6.45) is 0.689. The zero-order valence-corrected chi connectivity index (χ0v) is 9.94. The number of aliphatic hydroxyl groups excluding tert-OH is 1. The van der Waals surface area contributed by atoms with Crippen molar-refractivity contribution in [3.8, 4) is 0 Å². The standard InChI is InChI=1S/C10H13N5O4/c11-10-13-8-7(9(17)14-10)12-4-15(8)6-3-18-5(1-16)2-19-6/h4-6,16H,1-3H2,(H3,11,13,14,17). The van der Waals surface area contributed by atoms with E-state index in [1.54, 1.807) is 4.57 Å². The summed E-state index contributed by atoms with van der Waals surface area (Å²) in [4.78, 5) is 22.1. The average molecular weight is 267 g/mol. The Balaban J connectivity index is 1.96. The first kappa shape index (κ1) is 12.1. The van der Waals surface area contributed by atoms with Crippen molar-refractivity contribution in [2.75, 3.05) is 25.6 Å². The number of nitrogens with zero attached hydrogens (tertiary/aromatic N) is 3. The third-order valence-electron chi connectivity index (χ3n) is 2.91. The van der Waals surface area contributed by atoms with Crippen LogP contribution in [0.25, 0.3) is 11.2 Å². The highest BCUT2D eigenvalue weighted by Crippen LogP contribution is 2.20. The Morgan fingerprint density at radius 1 is 1.53 bits per heavy atom. The Hall–Kier alpha value is -1.97. The van der Waals surface area contributed by atoms with E-state index in [-0.39, 0.29) is 37.4 Å². The fraction of sp³-hybridized carbons (Fsp3) is 0.500. The topological polar surface area (TPSA) is 128 Å². The molecule has 0 aliphatic carbocycles. The number of nitrogens with two attached hydrogens (primary N) is 1. The van der Waals surface area contributed by atoms with E-state index in [0.29, 0.717) is 5.65 Å². The number of fused-ring (bicyclic) bond motifs is 1. The molecule has 0 spiro atoms. The van der Waals surface area contributed by atoms with Crippen LogP contribution in [0, 0.1) is 0 Å². The van der Waals surface area contributed by atoms with E-state index in [1.165, 1.54) is 6.33 Å². The molecule has 9 nitrogen and oxygen atoms in total. The van der Waals surface area contributed by atoms with Gasteiger partial charge in [-0.1, -0.05) is 0 Å². The summed E-state index contributed by atoms with van der Waals surface area (Å²) < 4.78 is 12.6. The van der Waals surface area contributed by atoms with Crippen LogP contribution in [0.5, 0.6) is 0 Å². The largest absolute Gasteiger partial charge is 0.394 e.